The zero-order valence-electron chi connectivity index (χ0n) is 9.66. The van der Waals surface area contributed by atoms with Crippen molar-refractivity contribution in [3.8, 4) is 0 Å². The van der Waals surface area contributed by atoms with Crippen LogP contribution in [-0.4, -0.2) is 18.3 Å². The molecule has 0 spiro atoms. The van der Waals surface area contributed by atoms with E-state index in [4.69, 9.17) is 4.42 Å². The second-order valence-electron chi connectivity index (χ2n) is 3.76. The Bertz CT molecular complexity index is 236. The molecule has 2 nitrogen and oxygen atoms in total. The summed E-state index contributed by atoms with van der Waals surface area (Å²) in [6.07, 6.45) is 4.27. The van der Waals surface area contributed by atoms with Gasteiger partial charge in [-0.3, -0.25) is 0 Å². The highest BCUT2D eigenvalue weighted by atomic mass is 32.2. The van der Waals surface area contributed by atoms with Gasteiger partial charge in [0.05, 0.1) is 12.0 Å². The second-order valence-corrected chi connectivity index (χ2v) is 5.19. The molecule has 0 aromatic carbocycles. The number of thioether (sulfide) groups is 1. The number of unbranched alkanes of at least 4 members (excludes halogenated alkanes) is 1. The molecule has 1 atom stereocenters. The predicted molar refractivity (Wildman–Crippen MR) is 67.2 cm³/mol. The van der Waals surface area contributed by atoms with Crippen molar-refractivity contribution in [1.82, 2.24) is 5.32 Å². The Kier molecular flexibility index (Phi) is 6.60. The van der Waals surface area contributed by atoms with Crippen molar-refractivity contribution in [2.45, 2.75) is 37.7 Å². The fourth-order valence-electron chi connectivity index (χ4n) is 1.29. The maximum atomic E-state index is 5.29. The lowest BCUT2D eigenvalue weighted by Crippen LogP contribution is -2.23. The van der Waals surface area contributed by atoms with Gasteiger partial charge in [0.1, 0.15) is 5.76 Å². The van der Waals surface area contributed by atoms with E-state index in [9.17, 15) is 0 Å². The van der Waals surface area contributed by atoms with Crippen LogP contribution in [0.2, 0.25) is 0 Å². The Morgan fingerprint density at radius 3 is 3.07 bits per heavy atom. The molecular weight excluding hydrogens is 206 g/mol. The monoisotopic (exact) mass is 227 g/mol. The number of nitrogens with one attached hydrogen (secondary N) is 1. The third kappa shape index (κ3) is 5.90. The molecule has 0 fully saturated rings. The molecule has 1 rings (SSSR count). The van der Waals surface area contributed by atoms with Gasteiger partial charge in [-0.05, 0) is 25.1 Å². The van der Waals surface area contributed by atoms with Crippen molar-refractivity contribution in [1.29, 1.82) is 0 Å². The van der Waals surface area contributed by atoms with Gasteiger partial charge in [0, 0.05) is 11.8 Å². The van der Waals surface area contributed by atoms with Crippen LogP contribution in [0.1, 0.15) is 32.4 Å². The van der Waals surface area contributed by atoms with Crippen LogP contribution in [0.15, 0.2) is 22.8 Å². The maximum Gasteiger partial charge on any atom is 0.113 e. The Morgan fingerprint density at radius 1 is 1.53 bits per heavy atom. The smallest absolute Gasteiger partial charge is 0.113 e. The minimum atomic E-state index is 0.645. The van der Waals surface area contributed by atoms with E-state index in [0.717, 1.165) is 24.6 Å². The predicted octanol–water partition coefficient (Wildman–Crippen LogP) is 3.29. The van der Waals surface area contributed by atoms with Crippen molar-refractivity contribution in [3.05, 3.63) is 24.2 Å². The number of hydrogen-bond donors (Lipinski definition) is 1. The lowest BCUT2D eigenvalue weighted by atomic mass is 10.3. The first kappa shape index (κ1) is 12.7. The van der Waals surface area contributed by atoms with Crippen molar-refractivity contribution in [3.63, 3.8) is 0 Å². The van der Waals surface area contributed by atoms with Crippen molar-refractivity contribution in [2.24, 2.45) is 0 Å². The second kappa shape index (κ2) is 7.83. The largest absolute Gasteiger partial charge is 0.468 e. The maximum absolute atomic E-state index is 5.29. The number of furan rings is 1. The Hall–Kier alpha value is -0.410. The molecule has 3 heteroatoms. The molecule has 0 radical (unpaired) electrons. The average Bonchev–Trinajstić information content (AvgIpc) is 2.74. The first-order chi connectivity index (χ1) is 7.33. The highest BCUT2D eigenvalue weighted by molar-refractivity contribution is 7.99. The van der Waals surface area contributed by atoms with Crippen LogP contribution in [0.25, 0.3) is 0 Å². The van der Waals surface area contributed by atoms with Crippen LogP contribution in [0, 0.1) is 0 Å². The zero-order valence-corrected chi connectivity index (χ0v) is 10.5. The van der Waals surface area contributed by atoms with Gasteiger partial charge in [-0.15, -0.1) is 11.8 Å². The van der Waals surface area contributed by atoms with E-state index in [2.05, 4.69) is 19.2 Å². The van der Waals surface area contributed by atoms with Gasteiger partial charge in [-0.1, -0.05) is 20.3 Å². The summed E-state index contributed by atoms with van der Waals surface area (Å²) in [6.45, 7) is 6.71. The molecule has 1 aromatic rings. The van der Waals surface area contributed by atoms with E-state index in [-0.39, 0.29) is 0 Å². The molecule has 0 bridgehead atoms. The van der Waals surface area contributed by atoms with E-state index in [1.165, 1.54) is 12.8 Å². The Balaban J connectivity index is 2.01. The van der Waals surface area contributed by atoms with Crippen LogP contribution >= 0.6 is 11.8 Å². The fourth-order valence-corrected chi connectivity index (χ4v) is 2.13. The molecule has 0 saturated carbocycles. The molecule has 0 saturated heterocycles. The molecule has 86 valence electrons. The molecule has 1 N–H and O–H groups in total. The van der Waals surface area contributed by atoms with Gasteiger partial charge >= 0.3 is 0 Å². The summed E-state index contributed by atoms with van der Waals surface area (Å²) in [4.78, 5) is 0. The molecular formula is C12H21NOS. The van der Waals surface area contributed by atoms with Gasteiger partial charge in [-0.25, -0.2) is 0 Å². The topological polar surface area (TPSA) is 25.2 Å². The highest BCUT2D eigenvalue weighted by Crippen LogP contribution is 2.17. The van der Waals surface area contributed by atoms with E-state index < -0.39 is 0 Å². The zero-order chi connectivity index (χ0) is 10.9. The molecule has 0 aliphatic carbocycles. The number of rotatable bonds is 8. The molecule has 0 amide bonds. The highest BCUT2D eigenvalue weighted by Gasteiger charge is 2.03. The number of hydrogen-bond acceptors (Lipinski definition) is 3. The molecule has 0 aliphatic heterocycles. The average molecular weight is 227 g/mol. The van der Waals surface area contributed by atoms with Crippen LogP contribution < -0.4 is 5.32 Å². The third-order valence-corrected chi connectivity index (χ3v) is 3.42. The summed E-state index contributed by atoms with van der Waals surface area (Å²) in [6, 6.07) is 3.98. The molecule has 1 aromatic heterocycles. The Morgan fingerprint density at radius 2 is 2.40 bits per heavy atom. The van der Waals surface area contributed by atoms with Crippen molar-refractivity contribution >= 4 is 11.8 Å². The van der Waals surface area contributed by atoms with Crippen LogP contribution in [0.4, 0.5) is 0 Å². The summed E-state index contributed by atoms with van der Waals surface area (Å²) in [5.41, 5.74) is 0. The third-order valence-electron chi connectivity index (χ3n) is 2.23. The molecule has 1 heterocycles. The van der Waals surface area contributed by atoms with Gasteiger partial charge in [0.2, 0.25) is 0 Å². The minimum Gasteiger partial charge on any atom is -0.468 e. The van der Waals surface area contributed by atoms with Crippen LogP contribution in [-0.2, 0) is 5.75 Å². The standard InChI is InChI=1S/C12H21NOS/c1-3-4-7-13-9-11(2)15-10-12-6-5-8-14-12/h5-6,8,11,13H,3-4,7,9-10H2,1-2H3. The van der Waals surface area contributed by atoms with Crippen LogP contribution in [0.3, 0.4) is 0 Å². The summed E-state index contributed by atoms with van der Waals surface area (Å²) in [5, 5.41) is 4.11. The molecule has 15 heavy (non-hydrogen) atoms. The lowest BCUT2D eigenvalue weighted by molar-refractivity contribution is 0.530. The van der Waals surface area contributed by atoms with Gasteiger partial charge < -0.3 is 9.73 Å². The van der Waals surface area contributed by atoms with Gasteiger partial charge in [-0.2, -0.15) is 0 Å². The molecule has 0 aliphatic rings. The summed E-state index contributed by atoms with van der Waals surface area (Å²) in [7, 11) is 0. The minimum absolute atomic E-state index is 0.645. The van der Waals surface area contributed by atoms with Crippen LogP contribution in [0.5, 0.6) is 0 Å². The summed E-state index contributed by atoms with van der Waals surface area (Å²) >= 11 is 1.94. The van der Waals surface area contributed by atoms with E-state index in [1.807, 2.05) is 23.9 Å². The SMILES string of the molecule is CCCCNCC(C)SCc1ccco1. The normalized spacial score (nSPS) is 12.9. The van der Waals surface area contributed by atoms with E-state index in [0.29, 0.717) is 5.25 Å². The van der Waals surface area contributed by atoms with E-state index >= 15 is 0 Å². The summed E-state index contributed by atoms with van der Waals surface area (Å²) in [5.74, 6) is 2.05. The first-order valence-electron chi connectivity index (χ1n) is 5.67. The van der Waals surface area contributed by atoms with E-state index in [1.54, 1.807) is 6.26 Å². The first-order valence-corrected chi connectivity index (χ1v) is 6.72. The van der Waals surface area contributed by atoms with Gasteiger partial charge in [0.15, 0.2) is 0 Å². The van der Waals surface area contributed by atoms with Crippen molar-refractivity contribution in [2.75, 3.05) is 13.1 Å². The fraction of sp³-hybridized carbons (Fsp3) is 0.667. The van der Waals surface area contributed by atoms with Crippen molar-refractivity contribution < 1.29 is 4.42 Å². The van der Waals surface area contributed by atoms with Gasteiger partial charge in [0.25, 0.3) is 0 Å². The molecule has 1 unspecified atom stereocenters. The quantitative estimate of drug-likeness (QED) is 0.690. The Labute approximate surface area is 96.8 Å². The summed E-state index contributed by atoms with van der Waals surface area (Å²) < 4.78 is 5.29. The lowest BCUT2D eigenvalue weighted by Gasteiger charge is -2.11.